The molecule has 3 nitrogen and oxygen atoms in total. The van der Waals surface area contributed by atoms with E-state index in [2.05, 4.69) is 10.4 Å². The molecule has 1 aliphatic rings. The minimum absolute atomic E-state index is 0. The molecule has 0 bridgehead atoms. The molecule has 2 rings (SSSR count). The number of halogens is 4. The number of hydrogen-bond acceptors (Lipinski definition) is 2. The van der Waals surface area contributed by atoms with Crippen LogP contribution in [-0.4, -0.2) is 22.9 Å². The predicted molar refractivity (Wildman–Crippen MR) is 65.7 cm³/mol. The van der Waals surface area contributed by atoms with Crippen molar-refractivity contribution in [2.24, 2.45) is 7.05 Å². The van der Waals surface area contributed by atoms with Gasteiger partial charge < -0.3 is 5.32 Å². The van der Waals surface area contributed by atoms with Crippen LogP contribution in [0.5, 0.6) is 0 Å². The monoisotopic (exact) mass is 281 g/mol. The quantitative estimate of drug-likeness (QED) is 0.857. The van der Waals surface area contributed by atoms with Crippen molar-refractivity contribution in [2.75, 3.05) is 13.1 Å². The minimum Gasteiger partial charge on any atom is -0.313 e. The molecule has 0 unspecified atom stereocenters. The average Bonchev–Trinajstić information content (AvgIpc) is 2.57. The van der Waals surface area contributed by atoms with Crippen LogP contribution in [0.15, 0.2) is 6.08 Å². The zero-order valence-corrected chi connectivity index (χ0v) is 11.0. The summed E-state index contributed by atoms with van der Waals surface area (Å²) >= 11 is 0. The molecule has 1 aromatic rings. The first-order chi connectivity index (χ1) is 7.91. The number of aromatic nitrogens is 2. The largest absolute Gasteiger partial charge is 0.435 e. The van der Waals surface area contributed by atoms with E-state index in [1.165, 1.54) is 11.7 Å². The lowest BCUT2D eigenvalue weighted by Gasteiger charge is -2.15. The number of nitrogens with zero attached hydrogens (tertiary/aromatic N) is 2. The van der Waals surface area contributed by atoms with Gasteiger partial charge in [-0.25, -0.2) is 0 Å². The lowest BCUT2D eigenvalue weighted by molar-refractivity contribution is -0.141. The maximum absolute atomic E-state index is 12.9. The van der Waals surface area contributed by atoms with Crippen LogP contribution in [0, 0.1) is 6.92 Å². The smallest absolute Gasteiger partial charge is 0.313 e. The zero-order valence-electron chi connectivity index (χ0n) is 10.1. The SMILES string of the molecule is Cc1c(C2=CCNCC2)c(C(F)(F)F)nn1C.Cl. The van der Waals surface area contributed by atoms with Crippen LogP contribution in [-0.2, 0) is 13.2 Å². The molecule has 1 aromatic heterocycles. The number of hydrogen-bond donors (Lipinski definition) is 1. The first-order valence-electron chi connectivity index (χ1n) is 5.42. The van der Waals surface area contributed by atoms with E-state index in [1.54, 1.807) is 6.92 Å². The van der Waals surface area contributed by atoms with Crippen molar-refractivity contribution < 1.29 is 13.2 Å². The Hall–Kier alpha value is -1.01. The van der Waals surface area contributed by atoms with Gasteiger partial charge >= 0.3 is 6.18 Å². The van der Waals surface area contributed by atoms with Gasteiger partial charge in [0, 0.05) is 24.8 Å². The highest BCUT2D eigenvalue weighted by atomic mass is 35.5. The molecule has 7 heteroatoms. The summed E-state index contributed by atoms with van der Waals surface area (Å²) in [6.45, 7) is 2.98. The second-order valence-electron chi connectivity index (χ2n) is 4.11. The summed E-state index contributed by atoms with van der Waals surface area (Å²) < 4.78 is 39.9. The van der Waals surface area contributed by atoms with Crippen LogP contribution in [0.3, 0.4) is 0 Å². The van der Waals surface area contributed by atoms with Crippen LogP contribution in [0.2, 0.25) is 0 Å². The van der Waals surface area contributed by atoms with E-state index in [1.807, 2.05) is 6.08 Å². The summed E-state index contributed by atoms with van der Waals surface area (Å²) in [5.74, 6) is 0. The van der Waals surface area contributed by atoms with Crippen LogP contribution < -0.4 is 5.32 Å². The summed E-state index contributed by atoms with van der Waals surface area (Å²) in [5, 5.41) is 6.67. The molecule has 102 valence electrons. The molecule has 0 spiro atoms. The number of rotatable bonds is 1. The Morgan fingerprint density at radius 1 is 1.39 bits per heavy atom. The Morgan fingerprint density at radius 3 is 2.56 bits per heavy atom. The topological polar surface area (TPSA) is 29.9 Å². The normalized spacial score (nSPS) is 16.2. The van der Waals surface area contributed by atoms with Gasteiger partial charge in [-0.05, 0) is 25.5 Å². The highest BCUT2D eigenvalue weighted by molar-refractivity contribution is 5.85. The van der Waals surface area contributed by atoms with Crippen molar-refractivity contribution in [1.29, 1.82) is 0 Å². The molecule has 1 N–H and O–H groups in total. The van der Waals surface area contributed by atoms with Gasteiger partial charge in [0.1, 0.15) is 0 Å². The molecule has 0 amide bonds. The number of nitrogens with one attached hydrogen (secondary N) is 1. The Kier molecular flexibility index (Phi) is 4.45. The van der Waals surface area contributed by atoms with E-state index >= 15 is 0 Å². The maximum atomic E-state index is 12.9. The van der Waals surface area contributed by atoms with Gasteiger partial charge in [-0.1, -0.05) is 6.08 Å². The van der Waals surface area contributed by atoms with Gasteiger partial charge in [0.25, 0.3) is 0 Å². The van der Waals surface area contributed by atoms with Gasteiger partial charge in [-0.15, -0.1) is 12.4 Å². The van der Waals surface area contributed by atoms with Crippen molar-refractivity contribution in [2.45, 2.75) is 19.5 Å². The fourth-order valence-electron chi connectivity index (χ4n) is 2.04. The van der Waals surface area contributed by atoms with Crippen molar-refractivity contribution in [3.8, 4) is 0 Å². The van der Waals surface area contributed by atoms with Gasteiger partial charge in [-0.2, -0.15) is 18.3 Å². The number of aryl methyl sites for hydroxylation is 1. The van der Waals surface area contributed by atoms with Gasteiger partial charge in [0.15, 0.2) is 5.69 Å². The van der Waals surface area contributed by atoms with Crippen molar-refractivity contribution in [1.82, 2.24) is 15.1 Å². The third kappa shape index (κ3) is 2.70. The van der Waals surface area contributed by atoms with E-state index in [-0.39, 0.29) is 18.0 Å². The van der Waals surface area contributed by atoms with E-state index < -0.39 is 11.9 Å². The second-order valence-corrected chi connectivity index (χ2v) is 4.11. The standard InChI is InChI=1S/C11H14F3N3.ClH/c1-7-9(8-3-5-15-6-4-8)10(11(12,13)14)16-17(7)2;/h3,15H,4-6H2,1-2H3;1H. The molecule has 0 aliphatic carbocycles. The van der Waals surface area contributed by atoms with Gasteiger partial charge in [0.05, 0.1) is 0 Å². The van der Waals surface area contributed by atoms with E-state index in [0.717, 1.165) is 5.57 Å². The molecule has 0 atom stereocenters. The molecule has 0 radical (unpaired) electrons. The van der Waals surface area contributed by atoms with E-state index in [0.29, 0.717) is 25.2 Å². The van der Waals surface area contributed by atoms with Crippen LogP contribution in [0.4, 0.5) is 13.2 Å². The van der Waals surface area contributed by atoms with E-state index in [9.17, 15) is 13.2 Å². The van der Waals surface area contributed by atoms with Crippen LogP contribution >= 0.6 is 12.4 Å². The lowest BCUT2D eigenvalue weighted by Crippen LogP contribution is -2.21. The molecule has 2 heterocycles. The van der Waals surface area contributed by atoms with Crippen LogP contribution in [0.1, 0.15) is 23.4 Å². The molecule has 1 aliphatic heterocycles. The summed E-state index contributed by atoms with van der Waals surface area (Å²) in [4.78, 5) is 0. The Balaban J connectivity index is 0.00000162. The number of alkyl halides is 3. The molecule has 0 aromatic carbocycles. The molecule has 0 saturated heterocycles. The molecule has 18 heavy (non-hydrogen) atoms. The lowest BCUT2D eigenvalue weighted by atomic mass is 9.98. The second kappa shape index (κ2) is 5.32. The average molecular weight is 282 g/mol. The maximum Gasteiger partial charge on any atom is 0.435 e. The van der Waals surface area contributed by atoms with Gasteiger partial charge in [-0.3, -0.25) is 4.68 Å². The van der Waals surface area contributed by atoms with Crippen molar-refractivity contribution >= 4 is 18.0 Å². The summed E-state index contributed by atoms with van der Waals surface area (Å²) in [6.07, 6.45) is -1.98. The molecular weight excluding hydrogens is 267 g/mol. The minimum atomic E-state index is -4.40. The van der Waals surface area contributed by atoms with Crippen LogP contribution in [0.25, 0.3) is 5.57 Å². The first-order valence-corrected chi connectivity index (χ1v) is 5.42. The molecule has 0 fully saturated rings. The third-order valence-corrected chi connectivity index (χ3v) is 2.99. The molecule has 0 saturated carbocycles. The zero-order chi connectivity index (χ0) is 12.6. The highest BCUT2D eigenvalue weighted by Crippen LogP contribution is 2.36. The third-order valence-electron chi connectivity index (χ3n) is 2.99. The summed E-state index contributed by atoms with van der Waals surface area (Å²) in [6, 6.07) is 0. The van der Waals surface area contributed by atoms with Crippen molar-refractivity contribution in [3.63, 3.8) is 0 Å². The highest BCUT2D eigenvalue weighted by Gasteiger charge is 2.39. The predicted octanol–water partition coefficient (Wildman–Crippen LogP) is 2.55. The first kappa shape index (κ1) is 15.0. The molecular formula is C11H15ClF3N3. The van der Waals surface area contributed by atoms with E-state index in [4.69, 9.17) is 0 Å². The summed E-state index contributed by atoms with van der Waals surface area (Å²) in [7, 11) is 1.54. The van der Waals surface area contributed by atoms with Crippen molar-refractivity contribution in [3.05, 3.63) is 23.0 Å². The Bertz CT molecular complexity index is 463. The van der Waals surface area contributed by atoms with Gasteiger partial charge in [0.2, 0.25) is 0 Å². The fourth-order valence-corrected chi connectivity index (χ4v) is 2.04. The summed E-state index contributed by atoms with van der Waals surface area (Å²) in [5.41, 5.74) is 0.777. The fraction of sp³-hybridized carbons (Fsp3) is 0.545. The Morgan fingerprint density at radius 2 is 2.06 bits per heavy atom. The Labute approximate surface area is 109 Å².